The maximum atomic E-state index is 12.3. The lowest BCUT2D eigenvalue weighted by atomic mass is 10.1. The summed E-state index contributed by atoms with van der Waals surface area (Å²) in [5, 5.41) is 6.77. The van der Waals surface area contributed by atoms with E-state index in [9.17, 15) is 4.79 Å². The van der Waals surface area contributed by atoms with Crippen LogP contribution in [0.1, 0.15) is 28.7 Å². The van der Waals surface area contributed by atoms with Crippen LogP contribution in [0.4, 0.5) is 0 Å². The molecule has 2 N–H and O–H groups in total. The van der Waals surface area contributed by atoms with Crippen molar-refractivity contribution in [2.75, 3.05) is 26.7 Å². The molecule has 30 heavy (non-hydrogen) atoms. The molecule has 2 aromatic rings. The summed E-state index contributed by atoms with van der Waals surface area (Å²) in [7, 11) is 1.78. The first-order chi connectivity index (χ1) is 14.0. The van der Waals surface area contributed by atoms with Crippen LogP contribution in [0.15, 0.2) is 53.5 Å². The highest BCUT2D eigenvalue weighted by molar-refractivity contribution is 14.0. The van der Waals surface area contributed by atoms with Crippen molar-refractivity contribution in [3.63, 3.8) is 0 Å². The number of nitrogens with zero attached hydrogens (tertiary/aromatic N) is 2. The fourth-order valence-electron chi connectivity index (χ4n) is 3.80. The van der Waals surface area contributed by atoms with Crippen molar-refractivity contribution in [2.24, 2.45) is 10.9 Å². The van der Waals surface area contributed by atoms with Gasteiger partial charge in [0, 0.05) is 45.6 Å². The number of guanidine groups is 1. The van der Waals surface area contributed by atoms with Crippen LogP contribution in [0.5, 0.6) is 0 Å². The monoisotopic (exact) mass is 520 g/mol. The Kier molecular flexibility index (Phi) is 9.62. The Bertz CT molecular complexity index is 854. The molecule has 0 aromatic heterocycles. The molecule has 1 amide bonds. The summed E-state index contributed by atoms with van der Waals surface area (Å²) in [6, 6.07) is 16.8. The number of hydrogen-bond acceptors (Lipinski definition) is 2. The summed E-state index contributed by atoms with van der Waals surface area (Å²) in [5.41, 5.74) is 5.10. The van der Waals surface area contributed by atoms with E-state index in [1.54, 1.807) is 7.05 Å². The number of carbonyl (C=O) groups is 1. The minimum Gasteiger partial charge on any atom is -0.356 e. The molecular formula is C24H33IN4O. The number of aryl methyl sites for hydroxylation is 2. The van der Waals surface area contributed by atoms with Crippen molar-refractivity contribution in [2.45, 2.75) is 33.2 Å². The topological polar surface area (TPSA) is 56.7 Å². The Balaban J connectivity index is 0.00000320. The van der Waals surface area contributed by atoms with Crippen LogP contribution in [-0.2, 0) is 17.8 Å². The van der Waals surface area contributed by atoms with Crippen molar-refractivity contribution in [1.82, 2.24) is 15.5 Å². The van der Waals surface area contributed by atoms with Crippen molar-refractivity contribution in [3.8, 4) is 0 Å². The van der Waals surface area contributed by atoms with Gasteiger partial charge in [0.25, 0.3) is 0 Å². The summed E-state index contributed by atoms with van der Waals surface area (Å²) in [5.74, 6) is 1.35. The molecule has 0 saturated carbocycles. The van der Waals surface area contributed by atoms with Crippen molar-refractivity contribution in [1.29, 1.82) is 0 Å². The van der Waals surface area contributed by atoms with E-state index in [-0.39, 0.29) is 29.9 Å². The molecule has 6 heteroatoms. The first-order valence-corrected chi connectivity index (χ1v) is 10.4. The zero-order valence-corrected chi connectivity index (χ0v) is 20.5. The molecule has 1 saturated heterocycles. The number of carbonyl (C=O) groups excluding carboxylic acids is 1. The largest absolute Gasteiger partial charge is 0.356 e. The maximum absolute atomic E-state index is 12.3. The van der Waals surface area contributed by atoms with E-state index in [0.29, 0.717) is 12.3 Å². The van der Waals surface area contributed by atoms with Crippen molar-refractivity contribution < 1.29 is 4.79 Å². The van der Waals surface area contributed by atoms with Gasteiger partial charge in [0.2, 0.25) is 5.91 Å². The average molecular weight is 520 g/mol. The molecule has 3 rings (SSSR count). The van der Waals surface area contributed by atoms with Crippen molar-refractivity contribution >= 4 is 35.8 Å². The zero-order valence-electron chi connectivity index (χ0n) is 18.1. The molecule has 1 fully saturated rings. The first-order valence-electron chi connectivity index (χ1n) is 10.4. The fraction of sp³-hybridized carbons (Fsp3) is 0.417. The number of rotatable bonds is 7. The molecule has 2 aromatic carbocycles. The summed E-state index contributed by atoms with van der Waals surface area (Å²) >= 11 is 0. The van der Waals surface area contributed by atoms with Gasteiger partial charge in [0.05, 0.1) is 0 Å². The van der Waals surface area contributed by atoms with Crippen molar-refractivity contribution in [3.05, 3.63) is 70.8 Å². The number of hydrogen-bond donors (Lipinski definition) is 2. The summed E-state index contributed by atoms with van der Waals surface area (Å²) in [6.07, 6.45) is 1.52. The number of likely N-dealkylation sites (tertiary alicyclic amines) is 1. The van der Waals surface area contributed by atoms with Gasteiger partial charge in [0.1, 0.15) is 0 Å². The third-order valence-electron chi connectivity index (χ3n) is 5.53. The van der Waals surface area contributed by atoms with Crippen LogP contribution >= 0.6 is 24.0 Å². The van der Waals surface area contributed by atoms with Gasteiger partial charge in [-0.25, -0.2) is 0 Å². The second kappa shape index (κ2) is 11.9. The zero-order chi connectivity index (χ0) is 20.6. The van der Waals surface area contributed by atoms with Crippen LogP contribution in [0.3, 0.4) is 0 Å². The van der Waals surface area contributed by atoms with E-state index >= 15 is 0 Å². The normalized spacial score (nSPS) is 16.4. The molecule has 1 heterocycles. The third kappa shape index (κ3) is 7.00. The van der Waals surface area contributed by atoms with Crippen LogP contribution in [-0.4, -0.2) is 43.4 Å². The lowest BCUT2D eigenvalue weighted by Gasteiger charge is -2.18. The SMILES string of the molecule is CN=C(NCc1ccc(C)cc1C)NCC1CC(=O)N(CCc2ccccc2)C1.I. The predicted octanol–water partition coefficient (Wildman–Crippen LogP) is 3.68. The van der Waals surface area contributed by atoms with Gasteiger partial charge < -0.3 is 15.5 Å². The van der Waals surface area contributed by atoms with E-state index in [4.69, 9.17) is 0 Å². The fourth-order valence-corrected chi connectivity index (χ4v) is 3.80. The quantitative estimate of drug-likeness (QED) is 0.333. The molecule has 0 aliphatic carbocycles. The average Bonchev–Trinajstić information content (AvgIpc) is 3.08. The summed E-state index contributed by atoms with van der Waals surface area (Å²) in [4.78, 5) is 18.7. The Hall–Kier alpha value is -2.09. The molecule has 162 valence electrons. The van der Waals surface area contributed by atoms with E-state index < -0.39 is 0 Å². The Labute approximate surface area is 197 Å². The molecule has 5 nitrogen and oxygen atoms in total. The van der Waals surface area contributed by atoms with Gasteiger partial charge >= 0.3 is 0 Å². The molecule has 0 radical (unpaired) electrons. The molecule has 1 unspecified atom stereocenters. The lowest BCUT2D eigenvalue weighted by Crippen LogP contribution is -2.40. The highest BCUT2D eigenvalue weighted by Gasteiger charge is 2.29. The van der Waals surface area contributed by atoms with E-state index in [0.717, 1.165) is 38.6 Å². The molecule has 1 aliphatic rings. The lowest BCUT2D eigenvalue weighted by molar-refractivity contribution is -0.127. The second-order valence-corrected chi connectivity index (χ2v) is 7.88. The van der Waals surface area contributed by atoms with Gasteiger partial charge in [-0.3, -0.25) is 9.79 Å². The minimum atomic E-state index is 0. The smallest absolute Gasteiger partial charge is 0.223 e. The Morgan fingerprint density at radius 3 is 2.60 bits per heavy atom. The number of halogens is 1. The second-order valence-electron chi connectivity index (χ2n) is 7.88. The highest BCUT2D eigenvalue weighted by atomic mass is 127. The summed E-state index contributed by atoms with van der Waals surface area (Å²) < 4.78 is 0. The van der Waals surface area contributed by atoms with E-state index in [2.05, 4.69) is 59.8 Å². The number of nitrogens with one attached hydrogen (secondary N) is 2. The van der Waals surface area contributed by atoms with Crippen LogP contribution in [0, 0.1) is 19.8 Å². The highest BCUT2D eigenvalue weighted by Crippen LogP contribution is 2.17. The van der Waals surface area contributed by atoms with Gasteiger partial charge in [-0.2, -0.15) is 0 Å². The third-order valence-corrected chi connectivity index (χ3v) is 5.53. The van der Waals surface area contributed by atoms with E-state index in [1.165, 1.54) is 22.3 Å². The van der Waals surface area contributed by atoms with Gasteiger partial charge in [-0.15, -0.1) is 24.0 Å². The predicted molar refractivity (Wildman–Crippen MR) is 134 cm³/mol. The number of aliphatic imine (C=N–C) groups is 1. The van der Waals surface area contributed by atoms with Crippen LogP contribution < -0.4 is 10.6 Å². The van der Waals surface area contributed by atoms with Gasteiger partial charge in [0.15, 0.2) is 5.96 Å². The van der Waals surface area contributed by atoms with Gasteiger partial charge in [-0.05, 0) is 37.0 Å². The van der Waals surface area contributed by atoms with Gasteiger partial charge in [-0.1, -0.05) is 54.1 Å². The minimum absolute atomic E-state index is 0. The Morgan fingerprint density at radius 1 is 1.13 bits per heavy atom. The molecular weight excluding hydrogens is 487 g/mol. The standard InChI is InChI=1S/C24H32N4O.HI/c1-18-9-10-22(19(2)13-18)16-27-24(25-3)26-15-21-14-23(29)28(17-21)12-11-20-7-5-4-6-8-20;/h4-10,13,21H,11-12,14-17H2,1-3H3,(H2,25,26,27);1H. The first kappa shape index (κ1) is 24.2. The molecule has 0 bridgehead atoms. The molecule has 1 aliphatic heterocycles. The maximum Gasteiger partial charge on any atom is 0.223 e. The molecule has 1 atom stereocenters. The van der Waals surface area contributed by atoms with E-state index in [1.807, 2.05) is 23.1 Å². The van der Waals surface area contributed by atoms with Crippen LogP contribution in [0.2, 0.25) is 0 Å². The Morgan fingerprint density at radius 2 is 1.90 bits per heavy atom. The number of amides is 1. The summed E-state index contributed by atoms with van der Waals surface area (Å²) in [6.45, 7) is 7.33. The molecule has 0 spiro atoms. The van der Waals surface area contributed by atoms with Crippen LogP contribution in [0.25, 0.3) is 0 Å². The number of benzene rings is 2.